The number of hydrogen-bond donors (Lipinski definition) is 1. The van der Waals surface area contributed by atoms with Crippen LogP contribution in [0.2, 0.25) is 10.0 Å². The van der Waals surface area contributed by atoms with Crippen LogP contribution in [0.3, 0.4) is 0 Å². The molecule has 1 atom stereocenters. The molecule has 1 aliphatic rings. The molecule has 1 aliphatic heterocycles. The lowest BCUT2D eigenvalue weighted by Gasteiger charge is -2.25. The van der Waals surface area contributed by atoms with Crippen molar-refractivity contribution in [1.82, 2.24) is 5.32 Å². The van der Waals surface area contributed by atoms with E-state index in [9.17, 15) is 4.79 Å². The Morgan fingerprint density at radius 1 is 1.17 bits per heavy atom. The molecule has 0 radical (unpaired) electrons. The first-order chi connectivity index (χ1) is 11.6. The lowest BCUT2D eigenvalue weighted by atomic mass is 9.96. The summed E-state index contributed by atoms with van der Waals surface area (Å²) in [5.41, 5.74) is 2.10. The van der Waals surface area contributed by atoms with Gasteiger partial charge in [0.2, 0.25) is 5.91 Å². The number of nitrogens with one attached hydrogen (secondary N) is 1. The quantitative estimate of drug-likeness (QED) is 0.860. The van der Waals surface area contributed by atoms with Crippen LogP contribution in [0.1, 0.15) is 17.5 Å². The molecule has 126 valence electrons. The van der Waals surface area contributed by atoms with E-state index in [4.69, 9.17) is 27.9 Å². The van der Waals surface area contributed by atoms with Crippen molar-refractivity contribution in [2.75, 3.05) is 13.2 Å². The third-order valence-electron chi connectivity index (χ3n) is 4.20. The van der Waals surface area contributed by atoms with E-state index in [0.717, 1.165) is 17.7 Å². The molecule has 3 rings (SSSR count). The Hall–Kier alpha value is -1.71. The summed E-state index contributed by atoms with van der Waals surface area (Å²) in [5, 5.41) is 4.05. The Labute approximate surface area is 151 Å². The van der Waals surface area contributed by atoms with E-state index in [1.807, 2.05) is 30.3 Å². The van der Waals surface area contributed by atoms with Gasteiger partial charge in [0.25, 0.3) is 0 Å². The molecule has 1 N–H and O–H groups in total. The van der Waals surface area contributed by atoms with Crippen molar-refractivity contribution in [1.29, 1.82) is 0 Å². The molecule has 0 saturated carbocycles. The van der Waals surface area contributed by atoms with Gasteiger partial charge in [0.05, 0.1) is 16.7 Å². The van der Waals surface area contributed by atoms with Crippen LogP contribution in [0.5, 0.6) is 5.75 Å². The van der Waals surface area contributed by atoms with Crippen molar-refractivity contribution in [2.24, 2.45) is 5.92 Å². The second-order valence-electron chi connectivity index (χ2n) is 6.01. The first-order valence-corrected chi connectivity index (χ1v) is 8.79. The van der Waals surface area contributed by atoms with Crippen LogP contribution in [0.15, 0.2) is 42.5 Å². The zero-order valence-electron chi connectivity index (χ0n) is 13.2. The van der Waals surface area contributed by atoms with E-state index in [2.05, 4.69) is 11.4 Å². The highest BCUT2D eigenvalue weighted by molar-refractivity contribution is 6.42. The van der Waals surface area contributed by atoms with Crippen molar-refractivity contribution < 1.29 is 9.53 Å². The van der Waals surface area contributed by atoms with Gasteiger partial charge < -0.3 is 10.1 Å². The van der Waals surface area contributed by atoms with Crippen LogP contribution in [-0.4, -0.2) is 19.1 Å². The first-order valence-electron chi connectivity index (χ1n) is 8.04. The summed E-state index contributed by atoms with van der Waals surface area (Å²) in [7, 11) is 0. The predicted molar refractivity (Wildman–Crippen MR) is 96.9 cm³/mol. The van der Waals surface area contributed by atoms with Crippen molar-refractivity contribution in [3.8, 4) is 5.75 Å². The van der Waals surface area contributed by atoms with E-state index in [-0.39, 0.29) is 5.91 Å². The summed E-state index contributed by atoms with van der Waals surface area (Å²) >= 11 is 12.1. The maximum Gasteiger partial charge on any atom is 0.220 e. The Bertz CT molecular complexity index is 733. The van der Waals surface area contributed by atoms with Gasteiger partial charge in [-0.15, -0.1) is 0 Å². The molecule has 24 heavy (non-hydrogen) atoms. The van der Waals surface area contributed by atoms with E-state index in [0.29, 0.717) is 42.0 Å². The molecule has 0 aromatic heterocycles. The second kappa shape index (κ2) is 7.91. The highest BCUT2D eigenvalue weighted by atomic mass is 35.5. The monoisotopic (exact) mass is 363 g/mol. The fourth-order valence-corrected chi connectivity index (χ4v) is 3.27. The summed E-state index contributed by atoms with van der Waals surface area (Å²) < 4.78 is 5.74. The fraction of sp³-hybridized carbons (Fsp3) is 0.316. The number of carbonyl (C=O) groups is 1. The van der Waals surface area contributed by atoms with Gasteiger partial charge in [-0.1, -0.05) is 53.5 Å². The molecule has 1 unspecified atom stereocenters. The summed E-state index contributed by atoms with van der Waals surface area (Å²) in [6, 6.07) is 13.5. The standard InChI is InChI=1S/C19H19Cl2NO2/c20-16-6-3-5-14(19(16)21)8-9-18(23)22-11-13-10-15-4-1-2-7-17(15)24-12-13/h1-7,13H,8-12H2,(H,22,23). The van der Waals surface area contributed by atoms with E-state index in [1.165, 1.54) is 5.56 Å². The normalized spacial score (nSPS) is 16.2. The number of carbonyl (C=O) groups excluding carboxylic acids is 1. The number of halogens is 2. The predicted octanol–water partition coefficient (Wildman–Crippen LogP) is 4.29. The van der Waals surface area contributed by atoms with E-state index < -0.39 is 0 Å². The van der Waals surface area contributed by atoms with Crippen molar-refractivity contribution in [3.05, 3.63) is 63.6 Å². The van der Waals surface area contributed by atoms with Gasteiger partial charge in [-0.2, -0.15) is 0 Å². The number of fused-ring (bicyclic) bond motifs is 1. The van der Waals surface area contributed by atoms with Gasteiger partial charge >= 0.3 is 0 Å². The number of benzene rings is 2. The molecule has 2 aromatic carbocycles. The molecular weight excluding hydrogens is 345 g/mol. The zero-order valence-corrected chi connectivity index (χ0v) is 14.7. The van der Waals surface area contributed by atoms with E-state index in [1.54, 1.807) is 6.07 Å². The van der Waals surface area contributed by atoms with E-state index >= 15 is 0 Å². The van der Waals surface area contributed by atoms with Gasteiger partial charge in [0.15, 0.2) is 0 Å². The Morgan fingerprint density at radius 2 is 2.00 bits per heavy atom. The van der Waals surface area contributed by atoms with Crippen LogP contribution in [0.4, 0.5) is 0 Å². The average Bonchev–Trinajstić information content (AvgIpc) is 2.61. The molecule has 3 nitrogen and oxygen atoms in total. The molecule has 2 aromatic rings. The molecule has 0 bridgehead atoms. The van der Waals surface area contributed by atoms with Gasteiger partial charge in [0, 0.05) is 18.9 Å². The number of hydrogen-bond acceptors (Lipinski definition) is 2. The van der Waals surface area contributed by atoms with Crippen LogP contribution >= 0.6 is 23.2 Å². The fourth-order valence-electron chi connectivity index (χ4n) is 2.86. The number of ether oxygens (including phenoxy) is 1. The molecule has 1 amide bonds. The van der Waals surface area contributed by atoms with Gasteiger partial charge in [-0.25, -0.2) is 0 Å². The smallest absolute Gasteiger partial charge is 0.220 e. The number of para-hydroxylation sites is 1. The third kappa shape index (κ3) is 4.22. The van der Waals surface area contributed by atoms with Gasteiger partial charge in [0.1, 0.15) is 5.75 Å². The van der Waals surface area contributed by atoms with Crippen LogP contribution in [0.25, 0.3) is 0 Å². The largest absolute Gasteiger partial charge is 0.493 e. The number of rotatable bonds is 5. The molecule has 0 aliphatic carbocycles. The molecule has 5 heteroatoms. The minimum Gasteiger partial charge on any atom is -0.493 e. The summed E-state index contributed by atoms with van der Waals surface area (Å²) in [5.74, 6) is 1.28. The summed E-state index contributed by atoms with van der Waals surface area (Å²) in [4.78, 5) is 12.1. The molecule has 0 saturated heterocycles. The minimum absolute atomic E-state index is 0.0184. The molecule has 1 heterocycles. The summed E-state index contributed by atoms with van der Waals surface area (Å²) in [6.07, 6.45) is 1.90. The Kier molecular flexibility index (Phi) is 5.64. The van der Waals surface area contributed by atoms with Gasteiger partial charge in [-0.3, -0.25) is 4.79 Å². The number of aryl methyl sites for hydroxylation is 1. The highest BCUT2D eigenvalue weighted by Gasteiger charge is 2.20. The Balaban J connectivity index is 1.46. The SMILES string of the molecule is O=C(CCc1cccc(Cl)c1Cl)NCC1COc2ccccc2C1. The van der Waals surface area contributed by atoms with Gasteiger partial charge in [-0.05, 0) is 36.1 Å². The third-order valence-corrected chi connectivity index (χ3v) is 5.05. The Morgan fingerprint density at radius 3 is 2.88 bits per heavy atom. The number of amides is 1. The van der Waals surface area contributed by atoms with Crippen molar-refractivity contribution in [2.45, 2.75) is 19.3 Å². The van der Waals surface area contributed by atoms with Crippen molar-refractivity contribution in [3.63, 3.8) is 0 Å². The first kappa shape index (κ1) is 17.1. The van der Waals surface area contributed by atoms with Crippen molar-refractivity contribution >= 4 is 29.1 Å². The topological polar surface area (TPSA) is 38.3 Å². The minimum atomic E-state index is 0.0184. The van der Waals surface area contributed by atoms with Crippen LogP contribution in [0, 0.1) is 5.92 Å². The second-order valence-corrected chi connectivity index (χ2v) is 6.79. The average molecular weight is 364 g/mol. The maximum atomic E-state index is 12.1. The zero-order chi connectivity index (χ0) is 16.9. The van der Waals surface area contributed by atoms with Crippen LogP contribution in [-0.2, 0) is 17.6 Å². The van der Waals surface area contributed by atoms with Crippen LogP contribution < -0.4 is 10.1 Å². The molecular formula is C19H19Cl2NO2. The lowest BCUT2D eigenvalue weighted by Crippen LogP contribution is -2.34. The highest BCUT2D eigenvalue weighted by Crippen LogP contribution is 2.27. The maximum absolute atomic E-state index is 12.1. The molecule has 0 fully saturated rings. The summed E-state index contributed by atoms with van der Waals surface area (Å²) in [6.45, 7) is 1.26. The lowest BCUT2D eigenvalue weighted by molar-refractivity contribution is -0.121. The molecule has 0 spiro atoms.